The van der Waals surface area contributed by atoms with Crippen LogP contribution in [-0.2, 0) is 14.3 Å². The highest BCUT2D eigenvalue weighted by molar-refractivity contribution is 9.10. The van der Waals surface area contributed by atoms with Crippen molar-refractivity contribution in [3.05, 3.63) is 68.3 Å². The minimum Gasteiger partial charge on any atom is -0.477 e. The van der Waals surface area contributed by atoms with Crippen LogP contribution in [0.25, 0.3) is 6.08 Å². The first kappa shape index (κ1) is 15.5. The van der Waals surface area contributed by atoms with Crippen LogP contribution in [0.4, 0.5) is 5.69 Å². The summed E-state index contributed by atoms with van der Waals surface area (Å²) in [6.45, 7) is 0. The van der Waals surface area contributed by atoms with Gasteiger partial charge in [0.25, 0.3) is 0 Å². The molecule has 0 atom stereocenters. The number of halogens is 1. The molecular formula is C16H10BrNO4S. The Bertz CT molecular complexity index is 839. The Morgan fingerprint density at radius 1 is 1.30 bits per heavy atom. The number of ketones is 1. The topological polar surface area (TPSA) is 75.6 Å². The number of carboxylic acid groups (broad SMARTS) is 1. The zero-order chi connectivity index (χ0) is 16.4. The normalized spacial score (nSPS) is 15.9. The van der Waals surface area contributed by atoms with E-state index in [1.807, 2.05) is 17.5 Å². The molecule has 1 aliphatic rings. The number of carbonyl (C=O) groups is 2. The number of ether oxygens (including phenoxy) is 1. The van der Waals surface area contributed by atoms with Crippen LogP contribution in [0.1, 0.15) is 4.88 Å². The first-order valence-corrected chi connectivity index (χ1v) is 8.20. The number of thiophene rings is 1. The van der Waals surface area contributed by atoms with Crippen LogP contribution >= 0.6 is 27.3 Å². The molecule has 0 saturated heterocycles. The molecule has 0 aliphatic carbocycles. The van der Waals surface area contributed by atoms with Crippen LogP contribution in [-0.4, -0.2) is 16.9 Å². The predicted octanol–water partition coefficient (Wildman–Crippen LogP) is 3.86. The largest absolute Gasteiger partial charge is 0.477 e. The van der Waals surface area contributed by atoms with Crippen molar-refractivity contribution in [2.45, 2.75) is 0 Å². The Kier molecular flexibility index (Phi) is 4.31. The summed E-state index contributed by atoms with van der Waals surface area (Å²) in [6, 6.07) is 10.7. The number of hydrogen-bond donors (Lipinski definition) is 2. The summed E-state index contributed by atoms with van der Waals surface area (Å²) in [5, 5.41) is 14.0. The lowest BCUT2D eigenvalue weighted by Gasteiger charge is -2.07. The minimum atomic E-state index is -1.33. The number of carbonyl (C=O) groups excluding carboxylic acids is 1. The molecular weight excluding hydrogens is 382 g/mol. The van der Waals surface area contributed by atoms with Gasteiger partial charge >= 0.3 is 5.97 Å². The van der Waals surface area contributed by atoms with Crippen LogP contribution in [0.5, 0.6) is 0 Å². The maximum Gasteiger partial charge on any atom is 0.345 e. The summed E-state index contributed by atoms with van der Waals surface area (Å²) in [4.78, 5) is 24.4. The van der Waals surface area contributed by atoms with Gasteiger partial charge in [-0.15, -0.1) is 11.3 Å². The number of para-hydroxylation sites is 1. The lowest BCUT2D eigenvalue weighted by molar-refractivity contribution is -0.134. The molecule has 0 radical (unpaired) electrons. The van der Waals surface area contributed by atoms with E-state index in [9.17, 15) is 14.7 Å². The van der Waals surface area contributed by atoms with Crippen LogP contribution in [0.3, 0.4) is 0 Å². The molecule has 1 aromatic heterocycles. The smallest absolute Gasteiger partial charge is 0.345 e. The van der Waals surface area contributed by atoms with E-state index in [2.05, 4.69) is 21.2 Å². The van der Waals surface area contributed by atoms with Crippen molar-refractivity contribution in [3.63, 3.8) is 0 Å². The zero-order valence-electron chi connectivity index (χ0n) is 11.6. The highest BCUT2D eigenvalue weighted by Crippen LogP contribution is 2.30. The third-order valence-electron chi connectivity index (χ3n) is 3.00. The van der Waals surface area contributed by atoms with Gasteiger partial charge in [0.2, 0.25) is 11.7 Å². The molecule has 2 heterocycles. The van der Waals surface area contributed by atoms with Crippen LogP contribution in [0.2, 0.25) is 0 Å². The van der Waals surface area contributed by atoms with Crippen molar-refractivity contribution in [3.8, 4) is 0 Å². The SMILES string of the molecule is O=C(O)C1=C(Nc2ccccc2)O/C(=C\c2cc(Br)cs2)C1=O. The first-order valence-electron chi connectivity index (χ1n) is 6.52. The average molecular weight is 392 g/mol. The monoisotopic (exact) mass is 391 g/mol. The Hall–Kier alpha value is -2.38. The second kappa shape index (κ2) is 6.39. The van der Waals surface area contributed by atoms with Gasteiger partial charge in [-0.25, -0.2) is 4.79 Å². The number of anilines is 1. The molecule has 7 heteroatoms. The van der Waals surface area contributed by atoms with Crippen molar-refractivity contribution in [1.29, 1.82) is 0 Å². The molecule has 0 saturated carbocycles. The molecule has 3 rings (SSSR count). The van der Waals surface area contributed by atoms with E-state index in [-0.39, 0.29) is 11.6 Å². The van der Waals surface area contributed by atoms with E-state index in [0.29, 0.717) is 5.69 Å². The molecule has 0 amide bonds. The van der Waals surface area contributed by atoms with E-state index in [0.717, 1.165) is 9.35 Å². The Morgan fingerprint density at radius 2 is 2.04 bits per heavy atom. The fourth-order valence-electron chi connectivity index (χ4n) is 2.00. The fourth-order valence-corrected chi connectivity index (χ4v) is 3.36. The number of benzene rings is 1. The van der Waals surface area contributed by atoms with Crippen molar-refractivity contribution in [2.24, 2.45) is 0 Å². The number of rotatable bonds is 4. The van der Waals surface area contributed by atoms with Gasteiger partial charge in [0, 0.05) is 26.5 Å². The number of nitrogens with one attached hydrogen (secondary N) is 1. The molecule has 0 fully saturated rings. The summed E-state index contributed by atoms with van der Waals surface area (Å²) >= 11 is 4.74. The highest BCUT2D eigenvalue weighted by atomic mass is 79.9. The quantitative estimate of drug-likeness (QED) is 0.611. The molecule has 2 aromatic rings. The second-order valence-corrected chi connectivity index (χ2v) is 6.47. The molecule has 5 nitrogen and oxygen atoms in total. The molecule has 116 valence electrons. The van der Waals surface area contributed by atoms with Gasteiger partial charge in [-0.1, -0.05) is 18.2 Å². The summed E-state index contributed by atoms with van der Waals surface area (Å²) < 4.78 is 6.34. The van der Waals surface area contributed by atoms with Crippen LogP contribution in [0, 0.1) is 0 Å². The molecule has 2 N–H and O–H groups in total. The average Bonchev–Trinajstić information content (AvgIpc) is 3.05. The highest BCUT2D eigenvalue weighted by Gasteiger charge is 2.35. The second-order valence-electron chi connectivity index (χ2n) is 4.61. The number of hydrogen-bond acceptors (Lipinski definition) is 5. The van der Waals surface area contributed by atoms with Crippen LogP contribution in [0.15, 0.2) is 63.5 Å². The van der Waals surface area contributed by atoms with Gasteiger partial charge in [-0.3, -0.25) is 4.79 Å². The van der Waals surface area contributed by atoms with E-state index in [1.165, 1.54) is 17.4 Å². The first-order chi connectivity index (χ1) is 11.0. The van der Waals surface area contributed by atoms with E-state index in [4.69, 9.17) is 4.74 Å². The molecule has 0 bridgehead atoms. The summed E-state index contributed by atoms with van der Waals surface area (Å²) in [5.74, 6) is -2.07. The van der Waals surface area contributed by atoms with Gasteiger partial charge in [-0.2, -0.15) is 0 Å². The van der Waals surface area contributed by atoms with E-state index < -0.39 is 17.3 Å². The molecule has 1 aromatic carbocycles. The van der Waals surface area contributed by atoms with Crippen molar-refractivity contribution in [2.75, 3.05) is 5.32 Å². The molecule has 0 spiro atoms. The Balaban J connectivity index is 1.92. The predicted molar refractivity (Wildman–Crippen MR) is 90.8 cm³/mol. The van der Waals surface area contributed by atoms with E-state index >= 15 is 0 Å². The van der Waals surface area contributed by atoms with Gasteiger partial charge in [0.15, 0.2) is 11.3 Å². The van der Waals surface area contributed by atoms with Crippen molar-refractivity contribution in [1.82, 2.24) is 0 Å². The number of carboxylic acids is 1. The summed E-state index contributed by atoms with van der Waals surface area (Å²) in [7, 11) is 0. The standard InChI is InChI=1S/C16H10BrNO4S/c17-9-6-11(23-8-9)7-12-14(19)13(16(20)21)15(22-12)18-10-4-2-1-3-5-10/h1-8,18H,(H,20,21)/b12-7-. The van der Waals surface area contributed by atoms with Gasteiger partial charge < -0.3 is 15.2 Å². The van der Waals surface area contributed by atoms with Gasteiger partial charge in [0.1, 0.15) is 0 Å². The number of Topliss-reactive ketones (excluding diaryl/α,β-unsaturated/α-hetero) is 1. The molecule has 1 aliphatic heterocycles. The number of allylic oxidation sites excluding steroid dienone is 1. The minimum absolute atomic E-state index is 0.0184. The Labute approximate surface area is 144 Å². The van der Waals surface area contributed by atoms with Crippen molar-refractivity contribution < 1.29 is 19.4 Å². The van der Waals surface area contributed by atoms with Gasteiger partial charge in [0.05, 0.1) is 0 Å². The van der Waals surface area contributed by atoms with Gasteiger partial charge in [-0.05, 0) is 34.1 Å². The lowest BCUT2D eigenvalue weighted by Crippen LogP contribution is -2.12. The molecule has 23 heavy (non-hydrogen) atoms. The summed E-state index contributed by atoms with van der Waals surface area (Å²) in [6.07, 6.45) is 1.53. The summed E-state index contributed by atoms with van der Waals surface area (Å²) in [5.41, 5.74) is 0.227. The third-order valence-corrected chi connectivity index (χ3v) is 4.64. The lowest BCUT2D eigenvalue weighted by atomic mass is 10.1. The maximum atomic E-state index is 12.3. The zero-order valence-corrected chi connectivity index (χ0v) is 14.0. The van der Waals surface area contributed by atoms with Crippen LogP contribution < -0.4 is 5.32 Å². The fraction of sp³-hybridized carbons (Fsp3) is 0. The van der Waals surface area contributed by atoms with E-state index in [1.54, 1.807) is 24.3 Å². The Morgan fingerprint density at radius 3 is 2.65 bits per heavy atom. The third kappa shape index (κ3) is 3.35. The number of aliphatic carboxylic acids is 1. The molecule has 0 unspecified atom stereocenters. The van der Waals surface area contributed by atoms with Crippen molar-refractivity contribution >= 4 is 50.8 Å². The maximum absolute atomic E-state index is 12.3.